The van der Waals surface area contributed by atoms with Crippen LogP contribution >= 0.6 is 21.6 Å². The summed E-state index contributed by atoms with van der Waals surface area (Å²) in [5.41, 5.74) is 8.72. The second-order valence-corrected chi connectivity index (χ2v) is 8.46. The van der Waals surface area contributed by atoms with Crippen LogP contribution in [0.3, 0.4) is 0 Å². The van der Waals surface area contributed by atoms with Crippen LogP contribution in [0.5, 0.6) is 5.75 Å². The summed E-state index contributed by atoms with van der Waals surface area (Å²) in [7, 11) is 3.14. The van der Waals surface area contributed by atoms with E-state index in [0.29, 0.717) is 31.7 Å². The predicted octanol–water partition coefficient (Wildman–Crippen LogP) is 4.19. The Morgan fingerprint density at radius 3 is 2.67 bits per heavy atom. The summed E-state index contributed by atoms with van der Waals surface area (Å²) < 4.78 is 0. The number of amides is 2. The monoisotopic (exact) mass is 446 g/mol. The first-order valence-electron chi connectivity index (χ1n) is 9.23. The largest absolute Gasteiger partial charge is 0.507 e. The Hall–Kier alpha value is -2.88. The molecular formula is C19H22N6O3S2. The van der Waals surface area contributed by atoms with Gasteiger partial charge in [-0.15, -0.1) is 0 Å². The van der Waals surface area contributed by atoms with Gasteiger partial charge < -0.3 is 15.7 Å². The number of phenolic OH excluding ortho intramolecular Hbond substituents is 1. The first-order valence-corrected chi connectivity index (χ1v) is 11.6. The van der Waals surface area contributed by atoms with E-state index < -0.39 is 5.91 Å². The van der Waals surface area contributed by atoms with Gasteiger partial charge in [0.25, 0.3) is 5.91 Å². The Morgan fingerprint density at radius 1 is 1.17 bits per heavy atom. The van der Waals surface area contributed by atoms with Crippen molar-refractivity contribution in [1.82, 2.24) is 15.6 Å². The summed E-state index contributed by atoms with van der Waals surface area (Å²) in [4.78, 5) is 30.7. The van der Waals surface area contributed by atoms with Gasteiger partial charge in [0.15, 0.2) is 0 Å². The molecule has 0 atom stereocenters. The Balaban J connectivity index is 1.53. The Kier molecular flexibility index (Phi) is 10.4. The molecule has 158 valence electrons. The van der Waals surface area contributed by atoms with Gasteiger partial charge in [-0.1, -0.05) is 28.0 Å². The van der Waals surface area contributed by atoms with Crippen molar-refractivity contribution >= 4 is 39.1 Å². The maximum Gasteiger partial charge on any atom is 0.255 e. The zero-order valence-corrected chi connectivity index (χ0v) is 17.8. The number of aromatic hydroxyl groups is 1. The van der Waals surface area contributed by atoms with E-state index in [9.17, 15) is 14.7 Å². The molecule has 0 saturated heterocycles. The molecule has 1 aromatic carbocycles. The summed E-state index contributed by atoms with van der Waals surface area (Å²) in [5.74, 6) is 0.0406. The molecule has 3 N–H and O–H groups in total. The van der Waals surface area contributed by atoms with Gasteiger partial charge in [0.2, 0.25) is 5.91 Å². The third-order valence-corrected chi connectivity index (χ3v) is 6.06. The van der Waals surface area contributed by atoms with Crippen molar-refractivity contribution < 1.29 is 14.7 Å². The maximum absolute atomic E-state index is 12.1. The minimum atomic E-state index is -0.411. The third kappa shape index (κ3) is 8.64. The quantitative estimate of drug-likeness (QED) is 0.147. The van der Waals surface area contributed by atoms with E-state index in [1.165, 1.54) is 18.2 Å². The summed E-state index contributed by atoms with van der Waals surface area (Å²) in [6.45, 7) is 0.960. The van der Waals surface area contributed by atoms with Gasteiger partial charge in [0.1, 0.15) is 10.8 Å². The lowest BCUT2D eigenvalue weighted by molar-refractivity contribution is -0.120. The number of nitrogens with one attached hydrogen (secondary N) is 2. The first kappa shape index (κ1) is 23.4. The highest BCUT2D eigenvalue weighted by molar-refractivity contribution is 8.76. The molecule has 2 aromatic rings. The van der Waals surface area contributed by atoms with Crippen molar-refractivity contribution in [2.75, 3.05) is 18.8 Å². The van der Waals surface area contributed by atoms with Crippen LogP contribution in [0.25, 0.3) is 10.4 Å². The fraction of sp³-hybridized carbons (Fsp3) is 0.316. The summed E-state index contributed by atoms with van der Waals surface area (Å²) in [5, 5.41) is 19.7. The smallest absolute Gasteiger partial charge is 0.255 e. The molecule has 1 heterocycles. The van der Waals surface area contributed by atoms with E-state index in [1.807, 2.05) is 18.2 Å². The average molecular weight is 447 g/mol. The molecule has 9 nitrogen and oxygen atoms in total. The number of carbonyl (C=O) groups excluding carboxylic acids is 2. The molecule has 0 aliphatic carbocycles. The number of pyridine rings is 1. The van der Waals surface area contributed by atoms with Crippen molar-refractivity contribution in [2.45, 2.75) is 24.3 Å². The Morgan fingerprint density at radius 2 is 1.97 bits per heavy atom. The molecule has 30 heavy (non-hydrogen) atoms. The van der Waals surface area contributed by atoms with Crippen molar-refractivity contribution in [1.29, 1.82) is 0 Å². The minimum Gasteiger partial charge on any atom is -0.507 e. The lowest BCUT2D eigenvalue weighted by atomic mass is 10.1. The van der Waals surface area contributed by atoms with Crippen LogP contribution in [0, 0.1) is 0 Å². The molecule has 0 fully saturated rings. The standard InChI is InChI=1S/C19H22N6O3S2/c20-25-24-14-6-7-15(16(26)13-14)19(28)23-11-4-3-9-21-17(27)8-12-29-30-18-5-1-2-10-22-18/h1-2,5-7,10,13,26H,3-4,8-9,11-12H2,(H,21,27)(H,23,28). The highest BCUT2D eigenvalue weighted by atomic mass is 33.1. The van der Waals surface area contributed by atoms with E-state index in [1.54, 1.807) is 27.8 Å². The number of nitrogens with zero attached hydrogens (tertiary/aromatic N) is 4. The second-order valence-electron chi connectivity index (χ2n) is 6.03. The van der Waals surface area contributed by atoms with Gasteiger partial charge in [-0.3, -0.25) is 9.59 Å². The van der Waals surface area contributed by atoms with Crippen LogP contribution in [-0.2, 0) is 4.79 Å². The van der Waals surface area contributed by atoms with Crippen molar-refractivity contribution in [3.05, 3.63) is 58.6 Å². The lowest BCUT2D eigenvalue weighted by Gasteiger charge is -2.08. The van der Waals surface area contributed by atoms with Crippen LogP contribution in [0.4, 0.5) is 5.69 Å². The molecular weight excluding hydrogens is 424 g/mol. The number of carbonyl (C=O) groups is 2. The predicted molar refractivity (Wildman–Crippen MR) is 119 cm³/mol. The number of hydrogen-bond donors (Lipinski definition) is 3. The van der Waals surface area contributed by atoms with Crippen LogP contribution in [0.15, 0.2) is 52.7 Å². The van der Waals surface area contributed by atoms with Crippen LogP contribution in [0.1, 0.15) is 29.6 Å². The van der Waals surface area contributed by atoms with E-state index in [2.05, 4.69) is 25.6 Å². The van der Waals surface area contributed by atoms with Gasteiger partial charge in [0.05, 0.1) is 5.56 Å². The van der Waals surface area contributed by atoms with Gasteiger partial charge in [0, 0.05) is 42.1 Å². The number of azide groups is 1. The lowest BCUT2D eigenvalue weighted by Crippen LogP contribution is -2.27. The topological polar surface area (TPSA) is 140 Å². The molecule has 2 rings (SSSR count). The number of phenols is 1. The zero-order chi connectivity index (χ0) is 21.6. The number of hydrogen-bond acceptors (Lipinski definition) is 7. The van der Waals surface area contributed by atoms with Crippen LogP contribution in [-0.4, -0.2) is 40.7 Å². The van der Waals surface area contributed by atoms with E-state index in [-0.39, 0.29) is 22.9 Å². The van der Waals surface area contributed by atoms with Crippen molar-refractivity contribution in [3.63, 3.8) is 0 Å². The molecule has 0 unspecified atom stereocenters. The zero-order valence-electron chi connectivity index (χ0n) is 16.2. The maximum atomic E-state index is 12.1. The highest BCUT2D eigenvalue weighted by Crippen LogP contribution is 2.29. The van der Waals surface area contributed by atoms with Gasteiger partial charge in [-0.05, 0) is 53.4 Å². The molecule has 1 aromatic heterocycles. The molecule has 0 bridgehead atoms. The number of unbranched alkanes of at least 4 members (excludes halogenated alkanes) is 1. The molecule has 0 saturated carbocycles. The fourth-order valence-electron chi connectivity index (χ4n) is 2.32. The fourth-order valence-corrected chi connectivity index (χ4v) is 4.19. The highest BCUT2D eigenvalue weighted by Gasteiger charge is 2.10. The number of rotatable bonds is 12. The normalized spacial score (nSPS) is 10.1. The van der Waals surface area contributed by atoms with E-state index in [0.717, 1.165) is 11.4 Å². The van der Waals surface area contributed by atoms with Crippen LogP contribution < -0.4 is 10.6 Å². The average Bonchev–Trinajstić information content (AvgIpc) is 2.74. The molecule has 2 amide bonds. The Bertz CT molecular complexity index is 891. The number of aromatic nitrogens is 1. The molecule has 0 aliphatic heterocycles. The van der Waals surface area contributed by atoms with E-state index >= 15 is 0 Å². The first-order chi connectivity index (χ1) is 14.6. The SMILES string of the molecule is [N-]=[N+]=Nc1ccc(C(=O)NCCCCNC(=O)CCSSc2ccccn2)c(O)c1. The summed E-state index contributed by atoms with van der Waals surface area (Å²) >= 11 is 0. The molecule has 0 aliphatic rings. The summed E-state index contributed by atoms with van der Waals surface area (Å²) in [6, 6.07) is 9.81. The van der Waals surface area contributed by atoms with Crippen molar-refractivity contribution in [2.24, 2.45) is 5.11 Å². The van der Waals surface area contributed by atoms with Crippen LogP contribution in [0.2, 0.25) is 0 Å². The Labute approximate surface area is 182 Å². The minimum absolute atomic E-state index is 0.00167. The molecule has 0 radical (unpaired) electrons. The number of benzene rings is 1. The molecule has 0 spiro atoms. The van der Waals surface area contributed by atoms with Crippen molar-refractivity contribution in [3.8, 4) is 5.75 Å². The van der Waals surface area contributed by atoms with Gasteiger partial charge >= 0.3 is 0 Å². The summed E-state index contributed by atoms with van der Waals surface area (Å²) in [6.07, 6.45) is 3.59. The van der Waals surface area contributed by atoms with Gasteiger partial charge in [-0.25, -0.2) is 4.98 Å². The second kappa shape index (κ2) is 13.4. The van der Waals surface area contributed by atoms with Gasteiger partial charge in [-0.2, -0.15) is 0 Å². The third-order valence-electron chi connectivity index (χ3n) is 3.79. The molecule has 11 heteroatoms. The van der Waals surface area contributed by atoms with E-state index in [4.69, 9.17) is 5.53 Å².